The molecule has 0 aliphatic rings. The second-order valence-electron chi connectivity index (χ2n) is 8.27. The lowest BCUT2D eigenvalue weighted by molar-refractivity contribution is -0.115. The van der Waals surface area contributed by atoms with E-state index in [-0.39, 0.29) is 5.11 Å². The number of aryl methyl sites for hydroxylation is 1. The summed E-state index contributed by atoms with van der Waals surface area (Å²) >= 11 is 23.7. The maximum Gasteiger partial charge on any atom is 0.250 e. The summed E-state index contributed by atoms with van der Waals surface area (Å²) in [6.45, 7) is 1.93. The first kappa shape index (κ1) is 26.0. The first-order valence-electron chi connectivity index (χ1n) is 11.3. The van der Waals surface area contributed by atoms with Crippen molar-refractivity contribution in [3.63, 3.8) is 0 Å². The molecule has 5 rings (SSSR count). The molecular formula is C28H18Cl3N3O3S. The van der Waals surface area contributed by atoms with Gasteiger partial charge in [-0.05, 0) is 85.4 Å². The van der Waals surface area contributed by atoms with E-state index in [2.05, 4.69) is 15.6 Å². The molecule has 2 aromatic heterocycles. The highest BCUT2D eigenvalue weighted by Gasteiger charge is 2.13. The van der Waals surface area contributed by atoms with Crippen molar-refractivity contribution in [2.75, 3.05) is 5.32 Å². The number of amides is 1. The Hall–Kier alpha value is -3.62. The molecule has 1 amide bonds. The van der Waals surface area contributed by atoms with Gasteiger partial charge in [0.25, 0.3) is 0 Å². The Kier molecular flexibility index (Phi) is 7.53. The standard InChI is InChI=1S/C28H18Cl3N3O3S/c1-15-2-3-16(12-21(15)30)24-10-6-19(36-24)7-11-26(35)34-28(38)32-18-5-9-25-23(14-18)33-27(37-25)20-8-4-17(29)13-22(20)31/h2-14H,1H3,(H2,32,34,35,38)/b11-7+. The molecule has 0 bridgehead atoms. The van der Waals surface area contributed by atoms with E-state index < -0.39 is 5.91 Å². The number of fused-ring (bicyclic) bond motifs is 1. The van der Waals surface area contributed by atoms with Crippen molar-refractivity contribution >= 4 is 80.9 Å². The predicted molar refractivity (Wildman–Crippen MR) is 157 cm³/mol. The lowest BCUT2D eigenvalue weighted by Crippen LogP contribution is -2.32. The molecule has 190 valence electrons. The molecule has 0 aliphatic carbocycles. The highest BCUT2D eigenvalue weighted by molar-refractivity contribution is 7.80. The number of nitrogens with zero attached hydrogens (tertiary/aromatic N) is 1. The second kappa shape index (κ2) is 11.0. The molecule has 0 unspecified atom stereocenters. The minimum Gasteiger partial charge on any atom is -0.457 e. The van der Waals surface area contributed by atoms with Gasteiger partial charge < -0.3 is 14.2 Å². The van der Waals surface area contributed by atoms with Crippen LogP contribution in [0.4, 0.5) is 5.69 Å². The lowest BCUT2D eigenvalue weighted by atomic mass is 10.1. The summed E-state index contributed by atoms with van der Waals surface area (Å²) in [6.07, 6.45) is 2.89. The largest absolute Gasteiger partial charge is 0.457 e. The summed E-state index contributed by atoms with van der Waals surface area (Å²) in [5, 5.41) is 7.31. The average Bonchev–Trinajstić information content (AvgIpc) is 3.51. The molecule has 10 heteroatoms. The minimum atomic E-state index is -0.416. The van der Waals surface area contributed by atoms with E-state index in [1.165, 1.54) is 6.08 Å². The average molecular weight is 583 g/mol. The number of thiocarbonyl (C=S) groups is 1. The molecule has 0 fully saturated rings. The normalized spacial score (nSPS) is 11.3. The van der Waals surface area contributed by atoms with Crippen LogP contribution < -0.4 is 10.6 Å². The van der Waals surface area contributed by atoms with E-state index in [0.717, 1.165) is 11.1 Å². The van der Waals surface area contributed by atoms with Gasteiger partial charge in [0.05, 0.1) is 10.6 Å². The number of nitrogens with one attached hydrogen (secondary N) is 2. The zero-order valence-corrected chi connectivity index (χ0v) is 22.8. The summed E-state index contributed by atoms with van der Waals surface area (Å²) in [6, 6.07) is 19.6. The number of carbonyl (C=O) groups is 1. The maximum atomic E-state index is 12.4. The molecule has 0 aliphatic heterocycles. The van der Waals surface area contributed by atoms with E-state index in [1.54, 1.807) is 48.5 Å². The molecule has 0 atom stereocenters. The van der Waals surface area contributed by atoms with Gasteiger partial charge in [-0.25, -0.2) is 4.98 Å². The Labute approximate surface area is 238 Å². The summed E-state index contributed by atoms with van der Waals surface area (Å²) in [5.74, 6) is 1.11. The molecule has 2 N–H and O–H groups in total. The van der Waals surface area contributed by atoms with Crippen molar-refractivity contribution < 1.29 is 13.6 Å². The van der Waals surface area contributed by atoms with Crippen LogP contribution in [0, 0.1) is 6.92 Å². The molecule has 3 aromatic carbocycles. The van der Waals surface area contributed by atoms with Crippen molar-refractivity contribution in [1.82, 2.24) is 10.3 Å². The van der Waals surface area contributed by atoms with Gasteiger partial charge in [-0.2, -0.15) is 0 Å². The van der Waals surface area contributed by atoms with Crippen LogP contribution in [0.5, 0.6) is 0 Å². The van der Waals surface area contributed by atoms with Crippen LogP contribution in [0.2, 0.25) is 15.1 Å². The monoisotopic (exact) mass is 581 g/mol. The third-order valence-electron chi connectivity index (χ3n) is 5.53. The Morgan fingerprint density at radius 2 is 1.79 bits per heavy atom. The van der Waals surface area contributed by atoms with E-state index in [1.807, 2.05) is 31.2 Å². The number of carbonyl (C=O) groups excluding carboxylic acids is 1. The number of hydrogen-bond donors (Lipinski definition) is 2. The molecule has 2 heterocycles. The van der Waals surface area contributed by atoms with Gasteiger partial charge in [0.15, 0.2) is 10.7 Å². The molecule has 6 nitrogen and oxygen atoms in total. The van der Waals surface area contributed by atoms with Crippen molar-refractivity contribution in [3.8, 4) is 22.8 Å². The number of hydrogen-bond acceptors (Lipinski definition) is 5. The van der Waals surface area contributed by atoms with Crippen LogP contribution in [0.1, 0.15) is 11.3 Å². The Morgan fingerprint density at radius 3 is 2.58 bits per heavy atom. The van der Waals surface area contributed by atoms with Gasteiger partial charge in [0, 0.05) is 27.4 Å². The number of anilines is 1. The fraction of sp³-hybridized carbons (Fsp3) is 0.0357. The SMILES string of the molecule is Cc1ccc(-c2ccc(/C=C/C(=O)NC(=S)Nc3ccc4oc(-c5ccc(Cl)cc5Cl)nc4c3)o2)cc1Cl. The maximum absolute atomic E-state index is 12.4. The zero-order chi connectivity index (χ0) is 26.8. The molecule has 0 saturated carbocycles. The third kappa shape index (κ3) is 5.92. The van der Waals surface area contributed by atoms with Crippen LogP contribution in [-0.4, -0.2) is 16.0 Å². The molecule has 0 spiro atoms. The summed E-state index contributed by atoms with van der Waals surface area (Å²) < 4.78 is 11.6. The second-order valence-corrected chi connectivity index (χ2v) is 9.93. The number of benzene rings is 3. The summed E-state index contributed by atoms with van der Waals surface area (Å²) in [7, 11) is 0. The summed E-state index contributed by atoms with van der Waals surface area (Å²) in [5.41, 5.74) is 4.25. The first-order chi connectivity index (χ1) is 18.2. The number of rotatable bonds is 5. The number of furan rings is 1. The van der Waals surface area contributed by atoms with Crippen LogP contribution in [0.3, 0.4) is 0 Å². The van der Waals surface area contributed by atoms with Crippen LogP contribution in [0.15, 0.2) is 81.6 Å². The number of aromatic nitrogens is 1. The Bertz CT molecular complexity index is 1730. The Balaban J connectivity index is 1.21. The smallest absolute Gasteiger partial charge is 0.250 e. The van der Waals surface area contributed by atoms with E-state index in [9.17, 15) is 4.79 Å². The minimum absolute atomic E-state index is 0.123. The molecular weight excluding hydrogens is 565 g/mol. The van der Waals surface area contributed by atoms with Crippen molar-refractivity contribution in [1.29, 1.82) is 0 Å². The van der Waals surface area contributed by atoms with E-state index in [0.29, 0.717) is 54.8 Å². The highest BCUT2D eigenvalue weighted by atomic mass is 35.5. The van der Waals surface area contributed by atoms with Gasteiger partial charge in [0.1, 0.15) is 17.0 Å². The lowest BCUT2D eigenvalue weighted by Gasteiger charge is -2.07. The van der Waals surface area contributed by atoms with Crippen LogP contribution in [0.25, 0.3) is 40.0 Å². The van der Waals surface area contributed by atoms with Gasteiger partial charge in [-0.3, -0.25) is 10.1 Å². The third-order valence-corrected chi connectivity index (χ3v) is 6.68. The molecule has 38 heavy (non-hydrogen) atoms. The fourth-order valence-electron chi connectivity index (χ4n) is 3.60. The fourth-order valence-corrected chi connectivity index (χ4v) is 4.49. The van der Waals surface area contributed by atoms with Crippen LogP contribution >= 0.6 is 47.0 Å². The van der Waals surface area contributed by atoms with Crippen molar-refractivity contribution in [2.45, 2.75) is 6.92 Å². The van der Waals surface area contributed by atoms with Crippen molar-refractivity contribution in [2.24, 2.45) is 0 Å². The summed E-state index contributed by atoms with van der Waals surface area (Å²) in [4.78, 5) is 16.9. The van der Waals surface area contributed by atoms with E-state index in [4.69, 9.17) is 55.9 Å². The predicted octanol–water partition coefficient (Wildman–Crippen LogP) is 8.55. The topological polar surface area (TPSA) is 80.3 Å². The Morgan fingerprint density at radius 1 is 0.947 bits per heavy atom. The first-order valence-corrected chi connectivity index (χ1v) is 12.8. The zero-order valence-electron chi connectivity index (χ0n) is 19.7. The van der Waals surface area contributed by atoms with Gasteiger partial charge >= 0.3 is 0 Å². The number of halogens is 3. The highest BCUT2D eigenvalue weighted by Crippen LogP contribution is 2.32. The molecule has 0 radical (unpaired) electrons. The van der Waals surface area contributed by atoms with Gasteiger partial charge in [0.2, 0.25) is 11.8 Å². The number of oxazole rings is 1. The molecule has 5 aromatic rings. The van der Waals surface area contributed by atoms with Crippen LogP contribution in [-0.2, 0) is 4.79 Å². The van der Waals surface area contributed by atoms with Gasteiger partial charge in [-0.15, -0.1) is 0 Å². The molecule has 0 saturated heterocycles. The van der Waals surface area contributed by atoms with E-state index >= 15 is 0 Å². The quantitative estimate of drug-likeness (QED) is 0.160. The van der Waals surface area contributed by atoms with Crippen molar-refractivity contribution in [3.05, 3.63) is 99.2 Å². The van der Waals surface area contributed by atoms with Gasteiger partial charge in [-0.1, -0.05) is 46.9 Å².